The Kier molecular flexibility index (Phi) is 5.79. The summed E-state index contributed by atoms with van der Waals surface area (Å²) in [4.78, 5) is 12.9. The second-order valence-electron chi connectivity index (χ2n) is 7.34. The smallest absolute Gasteiger partial charge is 0.243 e. The molecule has 0 radical (unpaired) electrons. The van der Waals surface area contributed by atoms with Gasteiger partial charge in [-0.05, 0) is 50.7 Å². The number of amides is 1. The second-order valence-corrected chi connectivity index (χ2v) is 9.23. The lowest BCUT2D eigenvalue weighted by atomic mass is 9.89. The SMILES string of the molecule is Cc1ccc(S(=O)(=O)N2CCCC2C(=O)NCC2CCCCC2)cc1. The Hall–Kier alpha value is -1.40. The molecule has 138 valence electrons. The van der Waals surface area contributed by atoms with E-state index in [-0.39, 0.29) is 10.8 Å². The summed E-state index contributed by atoms with van der Waals surface area (Å²) < 4.78 is 27.2. The van der Waals surface area contributed by atoms with E-state index in [1.54, 1.807) is 24.3 Å². The van der Waals surface area contributed by atoms with Gasteiger partial charge in [0.15, 0.2) is 0 Å². The number of hydrogen-bond acceptors (Lipinski definition) is 3. The van der Waals surface area contributed by atoms with Crippen LogP contribution in [0.4, 0.5) is 0 Å². The van der Waals surface area contributed by atoms with Crippen molar-refractivity contribution in [2.75, 3.05) is 13.1 Å². The highest BCUT2D eigenvalue weighted by Crippen LogP contribution is 2.27. The minimum absolute atomic E-state index is 0.140. The van der Waals surface area contributed by atoms with Gasteiger partial charge >= 0.3 is 0 Å². The summed E-state index contributed by atoms with van der Waals surface area (Å²) in [7, 11) is -3.62. The molecule has 1 amide bonds. The molecule has 1 aromatic carbocycles. The fourth-order valence-corrected chi connectivity index (χ4v) is 5.55. The van der Waals surface area contributed by atoms with Crippen LogP contribution in [0.2, 0.25) is 0 Å². The van der Waals surface area contributed by atoms with Crippen molar-refractivity contribution in [2.45, 2.75) is 62.8 Å². The number of nitrogens with one attached hydrogen (secondary N) is 1. The summed E-state index contributed by atoms with van der Waals surface area (Å²) in [6.45, 7) is 3.01. The highest BCUT2D eigenvalue weighted by Gasteiger charge is 2.39. The zero-order valence-corrected chi connectivity index (χ0v) is 15.7. The molecule has 3 rings (SSSR count). The monoisotopic (exact) mass is 364 g/mol. The highest BCUT2D eigenvalue weighted by atomic mass is 32.2. The molecule has 1 atom stereocenters. The zero-order chi connectivity index (χ0) is 17.9. The van der Waals surface area contributed by atoms with E-state index in [0.717, 1.165) is 24.8 Å². The van der Waals surface area contributed by atoms with Crippen LogP contribution in [0, 0.1) is 12.8 Å². The lowest BCUT2D eigenvalue weighted by molar-refractivity contribution is -0.124. The average molecular weight is 365 g/mol. The van der Waals surface area contributed by atoms with E-state index >= 15 is 0 Å². The summed E-state index contributed by atoms with van der Waals surface area (Å²) in [5.74, 6) is 0.403. The van der Waals surface area contributed by atoms with Gasteiger partial charge in [0.05, 0.1) is 4.90 Å². The fraction of sp³-hybridized carbons (Fsp3) is 0.632. The molecule has 1 unspecified atom stereocenters. The Labute approximate surface area is 150 Å². The zero-order valence-electron chi connectivity index (χ0n) is 14.9. The van der Waals surface area contributed by atoms with E-state index in [2.05, 4.69) is 5.32 Å². The molecule has 2 fully saturated rings. The third-order valence-electron chi connectivity index (χ3n) is 5.42. The molecule has 6 heteroatoms. The summed E-state index contributed by atoms with van der Waals surface area (Å²) in [5, 5.41) is 3.01. The molecular formula is C19H28N2O3S. The van der Waals surface area contributed by atoms with Crippen LogP contribution in [-0.4, -0.2) is 37.8 Å². The van der Waals surface area contributed by atoms with Gasteiger partial charge in [0.25, 0.3) is 0 Å². The predicted molar refractivity (Wildman–Crippen MR) is 97.7 cm³/mol. The van der Waals surface area contributed by atoms with Crippen molar-refractivity contribution in [1.82, 2.24) is 9.62 Å². The first-order valence-electron chi connectivity index (χ1n) is 9.35. The van der Waals surface area contributed by atoms with E-state index in [9.17, 15) is 13.2 Å². The number of hydrogen-bond donors (Lipinski definition) is 1. The van der Waals surface area contributed by atoms with Crippen molar-refractivity contribution < 1.29 is 13.2 Å². The van der Waals surface area contributed by atoms with Crippen LogP contribution in [0.3, 0.4) is 0 Å². The predicted octanol–water partition coefficient (Wildman–Crippen LogP) is 2.84. The normalized spacial score (nSPS) is 22.8. The first kappa shape index (κ1) is 18.4. The molecule has 5 nitrogen and oxygen atoms in total. The minimum atomic E-state index is -3.62. The second kappa shape index (κ2) is 7.87. The lowest BCUT2D eigenvalue weighted by Gasteiger charge is -2.26. The van der Waals surface area contributed by atoms with Crippen LogP contribution >= 0.6 is 0 Å². The molecule has 1 N–H and O–H groups in total. The number of sulfonamides is 1. The fourth-order valence-electron chi connectivity index (χ4n) is 3.89. The van der Waals surface area contributed by atoms with Gasteiger partial charge in [0.2, 0.25) is 15.9 Å². The highest BCUT2D eigenvalue weighted by molar-refractivity contribution is 7.89. The number of nitrogens with zero attached hydrogens (tertiary/aromatic N) is 1. The summed E-state index contributed by atoms with van der Waals surface area (Å²) in [5.41, 5.74) is 1.02. The molecule has 1 saturated heterocycles. The van der Waals surface area contributed by atoms with Crippen LogP contribution in [0.5, 0.6) is 0 Å². The Balaban J connectivity index is 1.66. The molecule has 1 aliphatic heterocycles. The van der Waals surface area contributed by atoms with E-state index in [4.69, 9.17) is 0 Å². The van der Waals surface area contributed by atoms with Crippen molar-refractivity contribution in [1.29, 1.82) is 0 Å². The van der Waals surface area contributed by atoms with Crippen molar-refractivity contribution in [2.24, 2.45) is 5.92 Å². The summed E-state index contributed by atoms with van der Waals surface area (Å²) >= 11 is 0. The van der Waals surface area contributed by atoms with E-state index in [1.807, 2.05) is 6.92 Å². The molecule has 1 heterocycles. The van der Waals surface area contributed by atoms with Gasteiger partial charge in [0, 0.05) is 13.1 Å². The first-order chi connectivity index (χ1) is 12.0. The Morgan fingerprint density at radius 1 is 1.08 bits per heavy atom. The van der Waals surface area contributed by atoms with Gasteiger partial charge in [-0.2, -0.15) is 4.31 Å². The van der Waals surface area contributed by atoms with Crippen molar-refractivity contribution in [3.05, 3.63) is 29.8 Å². The van der Waals surface area contributed by atoms with Crippen molar-refractivity contribution in [3.8, 4) is 0 Å². The Morgan fingerprint density at radius 3 is 2.44 bits per heavy atom. The van der Waals surface area contributed by atoms with Crippen LogP contribution in [-0.2, 0) is 14.8 Å². The number of aryl methyl sites for hydroxylation is 1. The molecule has 1 aromatic rings. The van der Waals surface area contributed by atoms with Crippen LogP contribution in [0.1, 0.15) is 50.5 Å². The quantitative estimate of drug-likeness (QED) is 0.874. The van der Waals surface area contributed by atoms with Gasteiger partial charge in [-0.15, -0.1) is 0 Å². The number of carbonyl (C=O) groups excluding carboxylic acids is 1. The van der Waals surface area contributed by atoms with Gasteiger partial charge in [-0.1, -0.05) is 37.0 Å². The number of carbonyl (C=O) groups is 1. The van der Waals surface area contributed by atoms with Gasteiger partial charge in [-0.3, -0.25) is 4.79 Å². The van der Waals surface area contributed by atoms with E-state index in [0.29, 0.717) is 25.4 Å². The molecule has 0 aromatic heterocycles. The average Bonchev–Trinajstić information content (AvgIpc) is 3.12. The van der Waals surface area contributed by atoms with Crippen LogP contribution in [0.25, 0.3) is 0 Å². The van der Waals surface area contributed by atoms with Crippen molar-refractivity contribution in [3.63, 3.8) is 0 Å². The molecule has 25 heavy (non-hydrogen) atoms. The third-order valence-corrected chi connectivity index (χ3v) is 7.35. The minimum Gasteiger partial charge on any atom is -0.354 e. The molecule has 1 aliphatic carbocycles. The Bertz CT molecular complexity index is 694. The molecule has 0 bridgehead atoms. The van der Waals surface area contributed by atoms with Gasteiger partial charge in [0.1, 0.15) is 6.04 Å². The van der Waals surface area contributed by atoms with Gasteiger partial charge in [-0.25, -0.2) is 8.42 Å². The third kappa shape index (κ3) is 4.23. The maximum Gasteiger partial charge on any atom is 0.243 e. The molecule has 2 aliphatic rings. The summed E-state index contributed by atoms with van der Waals surface area (Å²) in [6.07, 6.45) is 7.41. The van der Waals surface area contributed by atoms with Crippen molar-refractivity contribution >= 4 is 15.9 Å². The van der Waals surface area contributed by atoms with E-state index in [1.165, 1.54) is 23.6 Å². The Morgan fingerprint density at radius 2 is 1.76 bits per heavy atom. The number of rotatable bonds is 5. The largest absolute Gasteiger partial charge is 0.354 e. The van der Waals surface area contributed by atoms with Gasteiger partial charge < -0.3 is 5.32 Å². The standard InChI is InChI=1S/C19H28N2O3S/c1-15-9-11-17(12-10-15)25(23,24)21-13-5-8-18(21)19(22)20-14-16-6-3-2-4-7-16/h9-12,16,18H,2-8,13-14H2,1H3,(H,20,22). The summed E-state index contributed by atoms with van der Waals surface area (Å²) in [6, 6.07) is 6.26. The van der Waals surface area contributed by atoms with Crippen LogP contribution < -0.4 is 5.32 Å². The molecule has 0 spiro atoms. The van der Waals surface area contributed by atoms with E-state index < -0.39 is 16.1 Å². The lowest BCUT2D eigenvalue weighted by Crippen LogP contribution is -2.47. The maximum atomic E-state index is 12.9. The maximum absolute atomic E-state index is 12.9. The first-order valence-corrected chi connectivity index (χ1v) is 10.8. The molecule has 1 saturated carbocycles. The molecular weight excluding hydrogens is 336 g/mol. The number of benzene rings is 1. The topological polar surface area (TPSA) is 66.5 Å². The van der Waals surface area contributed by atoms with Crippen LogP contribution in [0.15, 0.2) is 29.2 Å².